The minimum atomic E-state index is 0.561. The minimum Gasteiger partial charge on any atom is -0.354 e. The number of nitrogens with zero attached hydrogens (tertiary/aromatic N) is 3. The number of aryl methyl sites for hydroxylation is 1. The van der Waals surface area contributed by atoms with E-state index in [0.717, 1.165) is 29.1 Å². The summed E-state index contributed by atoms with van der Waals surface area (Å²) in [7, 11) is 0. The Morgan fingerprint density at radius 2 is 2.00 bits per heavy atom. The number of halogens is 1. The van der Waals surface area contributed by atoms with Crippen LogP contribution in [0.25, 0.3) is 11.3 Å². The lowest BCUT2D eigenvalue weighted by molar-refractivity contribution is 1.09. The van der Waals surface area contributed by atoms with Gasteiger partial charge in [-0.25, -0.2) is 4.98 Å². The van der Waals surface area contributed by atoms with Gasteiger partial charge in [0, 0.05) is 30.6 Å². The normalized spacial score (nSPS) is 10.5. The molecule has 0 amide bonds. The van der Waals surface area contributed by atoms with Crippen LogP contribution < -0.4 is 10.6 Å². The van der Waals surface area contributed by atoms with E-state index in [-0.39, 0.29) is 0 Å². The monoisotopic (exact) mass is 339 g/mol. The second-order valence-electron chi connectivity index (χ2n) is 5.29. The van der Waals surface area contributed by atoms with Gasteiger partial charge >= 0.3 is 0 Å². The highest BCUT2D eigenvalue weighted by atomic mass is 35.5. The van der Waals surface area contributed by atoms with Gasteiger partial charge in [0.2, 0.25) is 5.95 Å². The zero-order valence-corrected chi connectivity index (χ0v) is 14.3. The quantitative estimate of drug-likeness (QED) is 0.707. The van der Waals surface area contributed by atoms with E-state index in [9.17, 15) is 0 Å². The third-order valence-electron chi connectivity index (χ3n) is 3.49. The number of benzene rings is 1. The average Bonchev–Trinajstić information content (AvgIpc) is 2.59. The van der Waals surface area contributed by atoms with E-state index in [1.54, 1.807) is 12.4 Å². The molecule has 2 aromatic heterocycles. The third-order valence-corrected chi connectivity index (χ3v) is 3.81. The number of aromatic nitrogens is 3. The summed E-state index contributed by atoms with van der Waals surface area (Å²) in [4.78, 5) is 13.2. The predicted molar refractivity (Wildman–Crippen MR) is 98.9 cm³/mol. The Labute approximate surface area is 146 Å². The zero-order valence-electron chi connectivity index (χ0n) is 13.5. The molecular formula is C18H18ClN5. The van der Waals surface area contributed by atoms with Crippen LogP contribution in [0.4, 0.5) is 17.5 Å². The Morgan fingerprint density at radius 3 is 2.71 bits per heavy atom. The molecule has 1 aromatic carbocycles. The molecule has 0 aliphatic carbocycles. The summed E-state index contributed by atoms with van der Waals surface area (Å²) in [6.07, 6.45) is 3.52. The van der Waals surface area contributed by atoms with Gasteiger partial charge in [0.1, 0.15) is 5.82 Å². The van der Waals surface area contributed by atoms with Crippen molar-refractivity contribution in [3.05, 3.63) is 59.4 Å². The van der Waals surface area contributed by atoms with Crippen LogP contribution in [0.1, 0.15) is 12.5 Å². The molecule has 0 radical (unpaired) electrons. The molecule has 5 nitrogen and oxygen atoms in total. The summed E-state index contributed by atoms with van der Waals surface area (Å²) in [5.74, 6) is 1.24. The zero-order chi connectivity index (χ0) is 16.9. The lowest BCUT2D eigenvalue weighted by Gasteiger charge is -2.13. The predicted octanol–water partition coefficient (Wildman–Crippen LogP) is 4.68. The molecule has 6 heteroatoms. The van der Waals surface area contributed by atoms with Crippen LogP contribution in [0.3, 0.4) is 0 Å². The van der Waals surface area contributed by atoms with Crippen molar-refractivity contribution in [2.24, 2.45) is 0 Å². The van der Waals surface area contributed by atoms with Gasteiger partial charge in [0.15, 0.2) is 0 Å². The summed E-state index contributed by atoms with van der Waals surface area (Å²) in [5.41, 5.74) is 3.62. The van der Waals surface area contributed by atoms with Crippen molar-refractivity contribution < 1.29 is 0 Å². The highest BCUT2D eigenvalue weighted by Gasteiger charge is 2.09. The van der Waals surface area contributed by atoms with Gasteiger partial charge in [-0.3, -0.25) is 4.98 Å². The molecule has 0 atom stereocenters. The number of nitrogens with one attached hydrogen (secondary N) is 2. The van der Waals surface area contributed by atoms with Crippen LogP contribution in [0.5, 0.6) is 0 Å². The summed E-state index contributed by atoms with van der Waals surface area (Å²) in [6, 6.07) is 11.5. The third kappa shape index (κ3) is 3.63. The summed E-state index contributed by atoms with van der Waals surface area (Å²) in [5, 5.41) is 7.12. The molecule has 3 rings (SSSR count). The maximum atomic E-state index is 6.31. The Balaban J connectivity index is 2.02. The van der Waals surface area contributed by atoms with Gasteiger partial charge in [0.05, 0.1) is 16.4 Å². The van der Waals surface area contributed by atoms with Crippen molar-refractivity contribution in [2.45, 2.75) is 13.8 Å². The number of para-hydroxylation sites is 1. The van der Waals surface area contributed by atoms with Crippen LogP contribution in [0.2, 0.25) is 5.02 Å². The van der Waals surface area contributed by atoms with Crippen molar-refractivity contribution >= 4 is 29.1 Å². The standard InChI is InChI=1S/C18H18ClN5/c1-3-21-18-22-15(13-7-5-9-20-11-13)10-16(24-18)23-17-12(2)6-4-8-14(17)19/h4-11H,3H2,1-2H3,(H2,21,22,23,24). The van der Waals surface area contributed by atoms with Gasteiger partial charge in [0.25, 0.3) is 0 Å². The molecule has 0 fully saturated rings. The first-order chi connectivity index (χ1) is 11.7. The molecule has 3 aromatic rings. The number of hydrogen-bond acceptors (Lipinski definition) is 5. The number of pyridine rings is 1. The Bertz CT molecular complexity index is 816. The lowest BCUT2D eigenvalue weighted by atomic mass is 10.2. The molecule has 2 N–H and O–H groups in total. The van der Waals surface area contributed by atoms with Crippen LogP contribution in [-0.2, 0) is 0 Å². The fourth-order valence-corrected chi connectivity index (χ4v) is 2.60. The number of rotatable bonds is 5. The molecule has 2 heterocycles. The van der Waals surface area contributed by atoms with Crippen LogP contribution >= 0.6 is 11.6 Å². The molecule has 0 saturated heterocycles. The van der Waals surface area contributed by atoms with Gasteiger partial charge < -0.3 is 10.6 Å². The van der Waals surface area contributed by atoms with E-state index in [1.807, 2.05) is 50.2 Å². The average molecular weight is 340 g/mol. The largest absolute Gasteiger partial charge is 0.354 e. The van der Waals surface area contributed by atoms with Crippen molar-refractivity contribution in [3.63, 3.8) is 0 Å². The Hall–Kier alpha value is -2.66. The Morgan fingerprint density at radius 1 is 1.12 bits per heavy atom. The van der Waals surface area contributed by atoms with Crippen LogP contribution in [0, 0.1) is 6.92 Å². The molecule has 0 spiro atoms. The van der Waals surface area contributed by atoms with Crippen molar-refractivity contribution in [1.82, 2.24) is 15.0 Å². The smallest absolute Gasteiger partial charge is 0.225 e. The second kappa shape index (κ2) is 7.27. The topological polar surface area (TPSA) is 62.7 Å². The highest BCUT2D eigenvalue weighted by molar-refractivity contribution is 6.33. The van der Waals surface area contributed by atoms with Gasteiger partial charge in [-0.05, 0) is 37.6 Å². The first-order valence-electron chi connectivity index (χ1n) is 7.73. The fourth-order valence-electron chi connectivity index (χ4n) is 2.33. The minimum absolute atomic E-state index is 0.561. The van der Waals surface area contributed by atoms with E-state index in [4.69, 9.17) is 11.6 Å². The van der Waals surface area contributed by atoms with E-state index in [1.165, 1.54) is 0 Å². The molecule has 0 bridgehead atoms. The molecular weight excluding hydrogens is 322 g/mol. The van der Waals surface area contributed by atoms with E-state index < -0.39 is 0 Å². The maximum Gasteiger partial charge on any atom is 0.225 e. The number of anilines is 3. The van der Waals surface area contributed by atoms with Gasteiger partial charge in [-0.2, -0.15) is 4.98 Å². The van der Waals surface area contributed by atoms with Crippen LogP contribution in [0.15, 0.2) is 48.8 Å². The molecule has 0 aliphatic heterocycles. The lowest BCUT2D eigenvalue weighted by Crippen LogP contribution is -2.06. The first-order valence-corrected chi connectivity index (χ1v) is 8.10. The van der Waals surface area contributed by atoms with Crippen molar-refractivity contribution in [2.75, 3.05) is 17.2 Å². The highest BCUT2D eigenvalue weighted by Crippen LogP contribution is 2.29. The van der Waals surface area contributed by atoms with Gasteiger partial charge in [-0.1, -0.05) is 23.7 Å². The van der Waals surface area contributed by atoms with E-state index in [0.29, 0.717) is 16.8 Å². The molecule has 0 saturated carbocycles. The molecule has 0 unspecified atom stereocenters. The summed E-state index contributed by atoms with van der Waals surface area (Å²) in [6.45, 7) is 4.75. The number of hydrogen-bond donors (Lipinski definition) is 2. The molecule has 122 valence electrons. The van der Waals surface area contributed by atoms with Crippen molar-refractivity contribution in [3.8, 4) is 11.3 Å². The molecule has 24 heavy (non-hydrogen) atoms. The van der Waals surface area contributed by atoms with Gasteiger partial charge in [-0.15, -0.1) is 0 Å². The first kappa shape index (κ1) is 16.2. The molecule has 0 aliphatic rings. The maximum absolute atomic E-state index is 6.31. The fraction of sp³-hybridized carbons (Fsp3) is 0.167. The van der Waals surface area contributed by atoms with Crippen LogP contribution in [-0.4, -0.2) is 21.5 Å². The van der Waals surface area contributed by atoms with Crippen molar-refractivity contribution in [1.29, 1.82) is 0 Å². The summed E-state index contributed by atoms with van der Waals surface area (Å²) < 4.78 is 0. The van der Waals surface area contributed by atoms with E-state index in [2.05, 4.69) is 25.6 Å². The summed E-state index contributed by atoms with van der Waals surface area (Å²) >= 11 is 6.31. The SMILES string of the molecule is CCNc1nc(Nc2c(C)cccc2Cl)cc(-c2cccnc2)n1. The van der Waals surface area contributed by atoms with E-state index >= 15 is 0 Å². The Kier molecular flexibility index (Phi) is 4.91. The second-order valence-corrected chi connectivity index (χ2v) is 5.70.